The zero-order valence-electron chi connectivity index (χ0n) is 10.6. The van der Waals surface area contributed by atoms with Gasteiger partial charge in [0.1, 0.15) is 5.52 Å². The topological polar surface area (TPSA) is 68.0 Å². The van der Waals surface area contributed by atoms with Crippen LogP contribution in [-0.4, -0.2) is 31.4 Å². The summed E-state index contributed by atoms with van der Waals surface area (Å²) in [6, 6.07) is 4.10. The summed E-state index contributed by atoms with van der Waals surface area (Å²) in [4.78, 5) is 19.7. The van der Waals surface area contributed by atoms with Gasteiger partial charge in [0.2, 0.25) is 0 Å². The minimum Gasteiger partial charge on any atom is -0.481 e. The van der Waals surface area contributed by atoms with E-state index >= 15 is 0 Å². The predicted molar refractivity (Wildman–Crippen MR) is 73.3 cm³/mol. The van der Waals surface area contributed by atoms with Gasteiger partial charge in [-0.15, -0.1) is 0 Å². The Kier molecular flexibility index (Phi) is 3.18. The van der Waals surface area contributed by atoms with E-state index in [0.717, 1.165) is 16.3 Å². The van der Waals surface area contributed by atoms with E-state index < -0.39 is 5.97 Å². The fourth-order valence-electron chi connectivity index (χ4n) is 2.29. The lowest BCUT2D eigenvalue weighted by molar-refractivity contribution is -0.133. The fraction of sp³-hybridized carbons (Fsp3) is 0.462. The van der Waals surface area contributed by atoms with Gasteiger partial charge in [-0.1, -0.05) is 11.8 Å². The Morgan fingerprint density at radius 2 is 2.42 bits per heavy atom. The molecule has 2 aromatic heterocycles. The maximum Gasteiger partial charge on any atom is 0.313 e. The molecule has 1 fully saturated rings. The number of rotatable bonds is 5. The van der Waals surface area contributed by atoms with E-state index in [1.54, 1.807) is 6.20 Å². The largest absolute Gasteiger partial charge is 0.481 e. The molecule has 0 spiro atoms. The number of aromatic nitrogens is 3. The van der Waals surface area contributed by atoms with Crippen LogP contribution in [0.4, 0.5) is 0 Å². The number of pyridine rings is 1. The Morgan fingerprint density at radius 1 is 1.63 bits per heavy atom. The van der Waals surface area contributed by atoms with E-state index in [-0.39, 0.29) is 5.75 Å². The summed E-state index contributed by atoms with van der Waals surface area (Å²) >= 11 is 1.27. The summed E-state index contributed by atoms with van der Waals surface area (Å²) in [6.45, 7) is 2.16. The summed E-state index contributed by atoms with van der Waals surface area (Å²) < 4.78 is 2.10. The monoisotopic (exact) mass is 277 g/mol. The summed E-state index contributed by atoms with van der Waals surface area (Å²) in [5, 5.41) is 9.59. The molecular weight excluding hydrogens is 262 g/mol. The lowest BCUT2D eigenvalue weighted by Gasteiger charge is -2.15. The van der Waals surface area contributed by atoms with E-state index in [4.69, 9.17) is 5.11 Å². The summed E-state index contributed by atoms with van der Waals surface area (Å²) in [6.07, 6.45) is 4.22. The van der Waals surface area contributed by atoms with Gasteiger partial charge in [0.05, 0.1) is 5.75 Å². The van der Waals surface area contributed by atoms with Gasteiger partial charge in [-0.25, -0.2) is 9.97 Å². The number of carboxylic acid groups (broad SMARTS) is 1. The van der Waals surface area contributed by atoms with Crippen LogP contribution >= 0.6 is 11.8 Å². The lowest BCUT2D eigenvalue weighted by Crippen LogP contribution is -2.10. The quantitative estimate of drug-likeness (QED) is 0.851. The molecule has 1 saturated carbocycles. The number of hydrogen-bond donors (Lipinski definition) is 1. The summed E-state index contributed by atoms with van der Waals surface area (Å²) in [7, 11) is 0. The standard InChI is InChI=1S/C13H15N3O2S/c1-8(9-4-5-9)16-12-10(3-2-6-14-12)15-13(16)19-7-11(17)18/h2-3,6,8-9H,4-5,7H2,1H3,(H,17,18). The van der Waals surface area contributed by atoms with Crippen LogP contribution in [0.5, 0.6) is 0 Å². The van der Waals surface area contributed by atoms with Gasteiger partial charge >= 0.3 is 5.97 Å². The molecule has 3 rings (SSSR count). The second-order valence-corrected chi connectivity index (χ2v) is 5.81. The Labute approximate surface area is 115 Å². The highest BCUT2D eigenvalue weighted by molar-refractivity contribution is 7.99. The van der Waals surface area contributed by atoms with E-state index in [1.165, 1.54) is 24.6 Å². The number of aliphatic carboxylic acids is 1. The first-order valence-electron chi connectivity index (χ1n) is 6.34. The highest BCUT2D eigenvalue weighted by Gasteiger charge is 2.32. The van der Waals surface area contributed by atoms with Gasteiger partial charge in [-0.3, -0.25) is 4.79 Å². The molecule has 1 unspecified atom stereocenters. The zero-order valence-corrected chi connectivity index (χ0v) is 11.4. The first kappa shape index (κ1) is 12.5. The Bertz CT molecular complexity index is 621. The van der Waals surface area contributed by atoms with E-state index in [2.05, 4.69) is 21.5 Å². The molecule has 1 N–H and O–H groups in total. The fourth-order valence-corrected chi connectivity index (χ4v) is 3.10. The number of imidazole rings is 1. The van der Waals surface area contributed by atoms with Crippen LogP contribution in [0.2, 0.25) is 0 Å². The molecule has 0 radical (unpaired) electrons. The first-order valence-corrected chi connectivity index (χ1v) is 7.33. The molecule has 19 heavy (non-hydrogen) atoms. The average Bonchev–Trinajstić information content (AvgIpc) is 3.16. The molecule has 0 saturated heterocycles. The molecule has 1 aliphatic rings. The number of hydrogen-bond acceptors (Lipinski definition) is 4. The van der Waals surface area contributed by atoms with Crippen molar-refractivity contribution in [1.82, 2.24) is 14.5 Å². The molecule has 0 aromatic carbocycles. The van der Waals surface area contributed by atoms with E-state index in [9.17, 15) is 4.79 Å². The molecule has 0 amide bonds. The zero-order chi connectivity index (χ0) is 13.4. The van der Waals surface area contributed by atoms with Crippen LogP contribution in [0.3, 0.4) is 0 Å². The van der Waals surface area contributed by atoms with Crippen molar-refractivity contribution in [1.29, 1.82) is 0 Å². The van der Waals surface area contributed by atoms with Crippen LogP contribution < -0.4 is 0 Å². The van der Waals surface area contributed by atoms with E-state index in [1.807, 2.05) is 12.1 Å². The van der Waals surface area contributed by atoms with Crippen LogP contribution in [0.25, 0.3) is 11.2 Å². The smallest absolute Gasteiger partial charge is 0.313 e. The third-order valence-electron chi connectivity index (χ3n) is 3.45. The molecule has 1 aliphatic carbocycles. The van der Waals surface area contributed by atoms with Crippen molar-refractivity contribution in [3.05, 3.63) is 18.3 Å². The molecular formula is C13H15N3O2S. The summed E-state index contributed by atoms with van der Waals surface area (Å²) in [5.74, 6) is -0.125. The van der Waals surface area contributed by atoms with Gasteiger partial charge < -0.3 is 9.67 Å². The first-order chi connectivity index (χ1) is 9.16. The van der Waals surface area contributed by atoms with Crippen molar-refractivity contribution < 1.29 is 9.90 Å². The summed E-state index contributed by atoms with van der Waals surface area (Å²) in [5.41, 5.74) is 1.69. The minimum atomic E-state index is -0.823. The Balaban J connectivity index is 2.02. The SMILES string of the molecule is CC(C1CC1)n1c(SCC(=O)O)nc2cccnc21. The lowest BCUT2D eigenvalue weighted by atomic mass is 10.2. The Hall–Kier alpha value is -1.56. The van der Waals surface area contributed by atoms with Crippen molar-refractivity contribution in [3.8, 4) is 0 Å². The predicted octanol–water partition coefficient (Wildman–Crippen LogP) is 2.58. The maximum absolute atomic E-state index is 10.7. The minimum absolute atomic E-state index is 0.0285. The molecule has 2 heterocycles. The third-order valence-corrected chi connectivity index (χ3v) is 4.39. The van der Waals surface area contributed by atoms with Gasteiger partial charge in [-0.05, 0) is 37.8 Å². The second-order valence-electron chi connectivity index (χ2n) is 4.87. The molecule has 1 atom stereocenters. The molecule has 2 aromatic rings. The van der Waals surface area contributed by atoms with Crippen LogP contribution in [0.1, 0.15) is 25.8 Å². The molecule has 0 bridgehead atoms. The van der Waals surface area contributed by atoms with Crippen molar-refractivity contribution >= 4 is 28.9 Å². The van der Waals surface area contributed by atoms with Crippen LogP contribution in [-0.2, 0) is 4.79 Å². The number of fused-ring (bicyclic) bond motifs is 1. The van der Waals surface area contributed by atoms with Gasteiger partial charge in [0.15, 0.2) is 10.8 Å². The maximum atomic E-state index is 10.7. The van der Waals surface area contributed by atoms with Gasteiger partial charge in [0.25, 0.3) is 0 Å². The van der Waals surface area contributed by atoms with Gasteiger partial charge in [-0.2, -0.15) is 0 Å². The van der Waals surface area contributed by atoms with E-state index in [0.29, 0.717) is 12.0 Å². The van der Waals surface area contributed by atoms with Crippen molar-refractivity contribution in [2.75, 3.05) is 5.75 Å². The number of nitrogens with zero attached hydrogens (tertiary/aromatic N) is 3. The van der Waals surface area contributed by atoms with Crippen molar-refractivity contribution in [2.24, 2.45) is 5.92 Å². The second kappa shape index (κ2) is 4.85. The number of carbonyl (C=O) groups is 1. The van der Waals surface area contributed by atoms with Crippen molar-refractivity contribution in [2.45, 2.75) is 31.0 Å². The normalized spacial score (nSPS) is 16.7. The van der Waals surface area contributed by atoms with Crippen LogP contribution in [0, 0.1) is 5.92 Å². The highest BCUT2D eigenvalue weighted by atomic mass is 32.2. The molecule has 6 heteroatoms. The van der Waals surface area contributed by atoms with Crippen molar-refractivity contribution in [3.63, 3.8) is 0 Å². The molecule has 100 valence electrons. The third kappa shape index (κ3) is 2.45. The number of thioether (sulfide) groups is 1. The molecule has 0 aliphatic heterocycles. The van der Waals surface area contributed by atoms with Crippen LogP contribution in [0.15, 0.2) is 23.5 Å². The Morgan fingerprint density at radius 3 is 3.11 bits per heavy atom. The molecule has 5 nitrogen and oxygen atoms in total. The average molecular weight is 277 g/mol. The highest BCUT2D eigenvalue weighted by Crippen LogP contribution is 2.42. The van der Waals surface area contributed by atoms with Gasteiger partial charge in [0, 0.05) is 12.2 Å². The number of carboxylic acids is 1.